The van der Waals surface area contributed by atoms with Gasteiger partial charge < -0.3 is 4.98 Å². The second-order valence-electron chi connectivity index (χ2n) is 4.14. The number of H-pyrrole nitrogens is 1. The first-order valence-electron chi connectivity index (χ1n) is 5.95. The Balaban J connectivity index is 1.69. The number of aromatic nitrogens is 3. The van der Waals surface area contributed by atoms with Crippen molar-refractivity contribution in [2.24, 2.45) is 0 Å². The third-order valence-electron chi connectivity index (χ3n) is 2.74. The second kappa shape index (κ2) is 5.64. The van der Waals surface area contributed by atoms with Gasteiger partial charge in [-0.3, -0.25) is 4.79 Å². The van der Waals surface area contributed by atoms with E-state index in [-0.39, 0.29) is 5.78 Å². The molecule has 0 radical (unpaired) electrons. The predicted octanol–water partition coefficient (Wildman–Crippen LogP) is 3.59. The van der Waals surface area contributed by atoms with E-state index in [0.717, 1.165) is 5.52 Å². The van der Waals surface area contributed by atoms with Crippen molar-refractivity contribution in [1.82, 2.24) is 15.0 Å². The summed E-state index contributed by atoms with van der Waals surface area (Å²) in [5.74, 6) is 0.363. The molecule has 0 aliphatic carbocycles. The lowest BCUT2D eigenvalue weighted by Crippen LogP contribution is -2.02. The molecular formula is C14H10ClN3OS. The molecule has 3 rings (SSSR count). The minimum Gasteiger partial charge on any atom is -0.332 e. The average Bonchev–Trinajstić information content (AvgIpc) is 2.88. The van der Waals surface area contributed by atoms with Crippen LogP contribution in [0.3, 0.4) is 0 Å². The number of nitrogens with zero attached hydrogens (tertiary/aromatic N) is 2. The van der Waals surface area contributed by atoms with Gasteiger partial charge in [-0.2, -0.15) is 0 Å². The monoisotopic (exact) mass is 303 g/mol. The van der Waals surface area contributed by atoms with Crippen molar-refractivity contribution in [2.75, 3.05) is 5.75 Å². The summed E-state index contributed by atoms with van der Waals surface area (Å²) >= 11 is 7.16. The molecule has 0 aliphatic rings. The van der Waals surface area contributed by atoms with E-state index < -0.39 is 0 Å². The normalized spacial score (nSPS) is 10.8. The van der Waals surface area contributed by atoms with E-state index in [1.165, 1.54) is 11.8 Å². The van der Waals surface area contributed by atoms with Gasteiger partial charge in [-0.1, -0.05) is 23.4 Å². The van der Waals surface area contributed by atoms with Crippen molar-refractivity contribution in [3.05, 3.63) is 53.2 Å². The van der Waals surface area contributed by atoms with Crippen molar-refractivity contribution in [2.45, 2.75) is 5.16 Å². The lowest BCUT2D eigenvalue weighted by molar-refractivity contribution is 0.102. The van der Waals surface area contributed by atoms with E-state index in [9.17, 15) is 4.79 Å². The Bertz CT molecular complexity index is 721. The molecule has 0 spiro atoms. The van der Waals surface area contributed by atoms with Crippen molar-refractivity contribution in [3.63, 3.8) is 0 Å². The van der Waals surface area contributed by atoms with Crippen LogP contribution in [0.15, 0.2) is 47.8 Å². The highest BCUT2D eigenvalue weighted by Gasteiger charge is 2.09. The number of hydrogen-bond acceptors (Lipinski definition) is 4. The van der Waals surface area contributed by atoms with Crippen LogP contribution in [-0.4, -0.2) is 26.5 Å². The third-order valence-corrected chi connectivity index (χ3v) is 3.87. The summed E-state index contributed by atoms with van der Waals surface area (Å²) in [7, 11) is 0. The minimum atomic E-state index is 0.0417. The molecule has 100 valence electrons. The largest absolute Gasteiger partial charge is 0.332 e. The van der Waals surface area contributed by atoms with E-state index in [1.807, 2.05) is 12.1 Å². The molecule has 0 saturated carbocycles. The van der Waals surface area contributed by atoms with Crippen LogP contribution in [0.5, 0.6) is 0 Å². The van der Waals surface area contributed by atoms with Crippen molar-refractivity contribution < 1.29 is 4.79 Å². The number of hydrogen-bond donors (Lipinski definition) is 1. The fraction of sp³-hybridized carbons (Fsp3) is 0.0714. The molecule has 1 N–H and O–H groups in total. The lowest BCUT2D eigenvalue weighted by atomic mass is 10.1. The number of thioether (sulfide) groups is 1. The first-order chi connectivity index (χ1) is 9.72. The molecular weight excluding hydrogens is 294 g/mol. The molecule has 2 aromatic heterocycles. The third kappa shape index (κ3) is 2.84. The fourth-order valence-corrected chi connectivity index (χ4v) is 2.64. The Labute approximate surface area is 124 Å². The summed E-state index contributed by atoms with van der Waals surface area (Å²) in [5.41, 5.74) is 2.18. The van der Waals surface area contributed by atoms with Gasteiger partial charge in [0.2, 0.25) is 0 Å². The van der Waals surface area contributed by atoms with Gasteiger partial charge in [0.15, 0.2) is 16.6 Å². The summed E-state index contributed by atoms with van der Waals surface area (Å²) < 4.78 is 0. The zero-order valence-electron chi connectivity index (χ0n) is 10.3. The fourth-order valence-electron chi connectivity index (χ4n) is 1.74. The number of aromatic amines is 1. The molecule has 3 aromatic rings. The number of ketones is 1. The number of pyridine rings is 1. The molecule has 0 aliphatic heterocycles. The molecule has 20 heavy (non-hydrogen) atoms. The van der Waals surface area contributed by atoms with Crippen LogP contribution < -0.4 is 0 Å². The van der Waals surface area contributed by atoms with Crippen LogP contribution in [0.25, 0.3) is 11.2 Å². The predicted molar refractivity (Wildman–Crippen MR) is 80.4 cm³/mol. The molecule has 0 unspecified atom stereocenters. The number of Topliss-reactive ketones (excluding diaryl/α,β-unsaturated/α-hetero) is 1. The maximum Gasteiger partial charge on any atom is 0.178 e. The van der Waals surface area contributed by atoms with Gasteiger partial charge in [-0.25, -0.2) is 9.97 Å². The SMILES string of the molecule is O=C(CSc1nc2ncccc2[nH]1)c1ccc(Cl)cc1. The number of carbonyl (C=O) groups excluding carboxylic acids is 1. The number of nitrogens with one attached hydrogen (secondary N) is 1. The maximum atomic E-state index is 12.0. The maximum absolute atomic E-state index is 12.0. The van der Waals surface area contributed by atoms with Gasteiger partial charge in [0, 0.05) is 16.8 Å². The van der Waals surface area contributed by atoms with Gasteiger partial charge in [-0.15, -0.1) is 0 Å². The van der Waals surface area contributed by atoms with Crippen LogP contribution in [0, 0.1) is 0 Å². The Morgan fingerprint density at radius 3 is 2.80 bits per heavy atom. The molecule has 4 nitrogen and oxygen atoms in total. The van der Waals surface area contributed by atoms with Gasteiger partial charge in [0.25, 0.3) is 0 Å². The lowest BCUT2D eigenvalue weighted by Gasteiger charge is -1.99. The molecule has 6 heteroatoms. The molecule has 0 amide bonds. The smallest absolute Gasteiger partial charge is 0.178 e. The Morgan fingerprint density at radius 1 is 1.25 bits per heavy atom. The van der Waals surface area contributed by atoms with Crippen molar-refractivity contribution in [1.29, 1.82) is 0 Å². The Hall–Kier alpha value is -1.85. The van der Waals surface area contributed by atoms with E-state index in [0.29, 0.717) is 27.1 Å². The number of fused-ring (bicyclic) bond motifs is 1. The summed E-state index contributed by atoms with van der Waals surface area (Å²) in [6, 6.07) is 10.6. The van der Waals surface area contributed by atoms with E-state index >= 15 is 0 Å². The topological polar surface area (TPSA) is 58.6 Å². The molecule has 0 bridgehead atoms. The molecule has 0 atom stereocenters. The molecule has 0 fully saturated rings. The van der Waals surface area contributed by atoms with Crippen LogP contribution >= 0.6 is 23.4 Å². The number of carbonyl (C=O) groups is 1. The van der Waals surface area contributed by atoms with Gasteiger partial charge >= 0.3 is 0 Å². The van der Waals surface area contributed by atoms with E-state index in [4.69, 9.17) is 11.6 Å². The zero-order chi connectivity index (χ0) is 13.9. The van der Waals surface area contributed by atoms with E-state index in [1.54, 1.807) is 30.5 Å². The van der Waals surface area contributed by atoms with Crippen molar-refractivity contribution in [3.8, 4) is 0 Å². The van der Waals surface area contributed by atoms with Gasteiger partial charge in [-0.05, 0) is 36.4 Å². The summed E-state index contributed by atoms with van der Waals surface area (Å²) in [6.07, 6.45) is 1.69. The quantitative estimate of drug-likeness (QED) is 0.591. The molecule has 1 aromatic carbocycles. The van der Waals surface area contributed by atoms with Crippen LogP contribution in [-0.2, 0) is 0 Å². The number of rotatable bonds is 4. The van der Waals surface area contributed by atoms with Crippen molar-refractivity contribution >= 4 is 40.3 Å². The molecule has 0 saturated heterocycles. The minimum absolute atomic E-state index is 0.0417. The van der Waals surface area contributed by atoms with Crippen LogP contribution in [0.1, 0.15) is 10.4 Å². The first kappa shape index (κ1) is 13.1. The van der Waals surface area contributed by atoms with Gasteiger partial charge in [0.1, 0.15) is 0 Å². The standard InChI is InChI=1S/C14H10ClN3OS/c15-10-5-3-9(4-6-10)12(19)8-20-14-17-11-2-1-7-16-13(11)18-14/h1-7H,8H2,(H,16,17,18). The average molecular weight is 304 g/mol. The van der Waals surface area contributed by atoms with Crippen LogP contribution in [0.2, 0.25) is 5.02 Å². The summed E-state index contributed by atoms with van der Waals surface area (Å²) in [6.45, 7) is 0. The van der Waals surface area contributed by atoms with Crippen LogP contribution in [0.4, 0.5) is 0 Å². The summed E-state index contributed by atoms with van der Waals surface area (Å²) in [4.78, 5) is 23.6. The summed E-state index contributed by atoms with van der Waals surface area (Å²) in [5, 5.41) is 1.32. The number of benzene rings is 1. The molecule has 2 heterocycles. The highest BCUT2D eigenvalue weighted by molar-refractivity contribution is 7.99. The Kier molecular flexibility index (Phi) is 3.71. The first-order valence-corrected chi connectivity index (χ1v) is 7.31. The zero-order valence-corrected chi connectivity index (χ0v) is 11.9. The number of halogens is 1. The second-order valence-corrected chi connectivity index (χ2v) is 5.54. The number of imidazole rings is 1. The Morgan fingerprint density at radius 2 is 2.05 bits per heavy atom. The van der Waals surface area contributed by atoms with Gasteiger partial charge in [0.05, 0.1) is 11.3 Å². The highest BCUT2D eigenvalue weighted by Crippen LogP contribution is 2.19. The highest BCUT2D eigenvalue weighted by atomic mass is 35.5. The van der Waals surface area contributed by atoms with E-state index in [2.05, 4.69) is 15.0 Å².